The third-order valence-electron chi connectivity index (χ3n) is 1.75. The van der Waals surface area contributed by atoms with Crippen molar-refractivity contribution in [3.05, 3.63) is 11.1 Å². The molecule has 5 heteroatoms. The van der Waals surface area contributed by atoms with Gasteiger partial charge in [-0.2, -0.15) is 0 Å². The smallest absolute Gasteiger partial charge is 0.321 e. The van der Waals surface area contributed by atoms with E-state index in [4.69, 9.17) is 0 Å². The molecule has 0 aliphatic heterocycles. The number of anilines is 1. The topological polar surface area (TPSA) is 54.0 Å². The third kappa shape index (κ3) is 2.42. The van der Waals surface area contributed by atoms with E-state index in [1.54, 1.807) is 0 Å². The second-order valence-corrected chi connectivity index (χ2v) is 4.02. The van der Waals surface area contributed by atoms with Gasteiger partial charge in [-0.1, -0.05) is 0 Å². The van der Waals surface area contributed by atoms with Crippen LogP contribution in [0.4, 0.5) is 9.93 Å². The van der Waals surface area contributed by atoms with Gasteiger partial charge in [0.15, 0.2) is 5.13 Å². The quantitative estimate of drug-likeness (QED) is 0.758. The number of thiazole rings is 1. The Balaban J connectivity index is 1.85. The van der Waals surface area contributed by atoms with Gasteiger partial charge in [0.25, 0.3) is 0 Å². The summed E-state index contributed by atoms with van der Waals surface area (Å²) in [6.45, 7) is 1.90. The second-order valence-electron chi connectivity index (χ2n) is 3.17. The summed E-state index contributed by atoms with van der Waals surface area (Å²) in [4.78, 5) is 15.3. The zero-order valence-corrected chi connectivity index (χ0v) is 8.15. The van der Waals surface area contributed by atoms with Crippen LogP contribution in [0.2, 0.25) is 0 Å². The number of rotatable bonds is 2. The zero-order chi connectivity index (χ0) is 9.26. The van der Waals surface area contributed by atoms with E-state index in [1.807, 2.05) is 12.3 Å². The molecule has 1 aromatic heterocycles. The Kier molecular flexibility index (Phi) is 2.18. The van der Waals surface area contributed by atoms with Crippen LogP contribution < -0.4 is 10.6 Å². The van der Waals surface area contributed by atoms with E-state index in [2.05, 4.69) is 15.6 Å². The minimum atomic E-state index is -0.142. The number of hydrogen-bond acceptors (Lipinski definition) is 3. The Morgan fingerprint density at radius 3 is 3.00 bits per heavy atom. The number of carbonyl (C=O) groups is 1. The summed E-state index contributed by atoms with van der Waals surface area (Å²) in [5.41, 5.74) is 0.937. The molecule has 70 valence electrons. The van der Waals surface area contributed by atoms with Crippen LogP contribution >= 0.6 is 11.3 Å². The molecular formula is C8H11N3OS. The van der Waals surface area contributed by atoms with Crippen molar-refractivity contribution >= 4 is 22.5 Å². The summed E-state index contributed by atoms with van der Waals surface area (Å²) in [5.74, 6) is 0. The number of amides is 2. The van der Waals surface area contributed by atoms with Gasteiger partial charge in [0, 0.05) is 11.4 Å². The molecule has 0 unspecified atom stereocenters. The summed E-state index contributed by atoms with van der Waals surface area (Å²) in [5, 5.41) is 8.09. The van der Waals surface area contributed by atoms with Crippen LogP contribution in [0.25, 0.3) is 0 Å². The highest BCUT2D eigenvalue weighted by atomic mass is 32.1. The Labute approximate surface area is 80.4 Å². The van der Waals surface area contributed by atoms with E-state index in [9.17, 15) is 4.79 Å². The average Bonchev–Trinajstić information content (AvgIpc) is 2.76. The second kappa shape index (κ2) is 3.33. The Morgan fingerprint density at radius 2 is 2.46 bits per heavy atom. The van der Waals surface area contributed by atoms with Crippen LogP contribution in [0.15, 0.2) is 5.38 Å². The van der Waals surface area contributed by atoms with Crippen molar-refractivity contribution in [2.75, 3.05) is 5.32 Å². The fraction of sp³-hybridized carbons (Fsp3) is 0.500. The molecule has 1 saturated carbocycles. The largest absolute Gasteiger partial charge is 0.335 e. The summed E-state index contributed by atoms with van der Waals surface area (Å²) >= 11 is 1.44. The first-order valence-corrected chi connectivity index (χ1v) is 5.11. The van der Waals surface area contributed by atoms with Crippen molar-refractivity contribution in [1.82, 2.24) is 10.3 Å². The first kappa shape index (κ1) is 8.50. The minimum absolute atomic E-state index is 0.142. The molecule has 0 bridgehead atoms. The monoisotopic (exact) mass is 197 g/mol. The summed E-state index contributed by atoms with van der Waals surface area (Å²) in [6.07, 6.45) is 2.20. The van der Waals surface area contributed by atoms with Crippen LogP contribution in [0, 0.1) is 6.92 Å². The lowest BCUT2D eigenvalue weighted by Gasteiger charge is -2.01. The maximum absolute atomic E-state index is 11.2. The van der Waals surface area contributed by atoms with E-state index in [0.29, 0.717) is 11.2 Å². The van der Waals surface area contributed by atoms with Crippen molar-refractivity contribution < 1.29 is 4.79 Å². The van der Waals surface area contributed by atoms with Crippen LogP contribution in [0.3, 0.4) is 0 Å². The van der Waals surface area contributed by atoms with Crippen LogP contribution in [0.1, 0.15) is 18.5 Å². The maximum atomic E-state index is 11.2. The zero-order valence-electron chi connectivity index (χ0n) is 7.33. The van der Waals surface area contributed by atoms with Gasteiger partial charge in [-0.15, -0.1) is 11.3 Å². The lowest BCUT2D eigenvalue weighted by atomic mass is 10.6. The maximum Gasteiger partial charge on any atom is 0.321 e. The van der Waals surface area contributed by atoms with E-state index in [1.165, 1.54) is 11.3 Å². The molecule has 1 heterocycles. The predicted octanol–water partition coefficient (Wildman–Crippen LogP) is 1.74. The van der Waals surface area contributed by atoms with E-state index < -0.39 is 0 Å². The van der Waals surface area contributed by atoms with Gasteiger partial charge >= 0.3 is 6.03 Å². The molecule has 2 N–H and O–H groups in total. The predicted molar refractivity (Wildman–Crippen MR) is 52.0 cm³/mol. The fourth-order valence-corrected chi connectivity index (χ4v) is 1.64. The molecule has 0 spiro atoms. The summed E-state index contributed by atoms with van der Waals surface area (Å²) < 4.78 is 0. The third-order valence-corrected chi connectivity index (χ3v) is 2.63. The van der Waals surface area contributed by atoms with Gasteiger partial charge in [-0.05, 0) is 19.8 Å². The number of aromatic nitrogens is 1. The molecule has 2 amide bonds. The number of nitrogens with one attached hydrogen (secondary N) is 2. The van der Waals surface area contributed by atoms with Crippen molar-refractivity contribution in [2.24, 2.45) is 0 Å². The van der Waals surface area contributed by atoms with Crippen molar-refractivity contribution in [3.8, 4) is 0 Å². The molecule has 1 aromatic rings. The molecule has 0 aromatic carbocycles. The SMILES string of the molecule is Cc1csc(NC(=O)NC2CC2)n1. The number of hydrogen-bond donors (Lipinski definition) is 2. The van der Waals surface area contributed by atoms with Crippen molar-refractivity contribution in [1.29, 1.82) is 0 Å². The lowest BCUT2D eigenvalue weighted by Crippen LogP contribution is -2.30. The van der Waals surface area contributed by atoms with Crippen molar-refractivity contribution in [2.45, 2.75) is 25.8 Å². The molecule has 0 radical (unpaired) electrons. The highest BCUT2D eigenvalue weighted by Crippen LogP contribution is 2.19. The number of carbonyl (C=O) groups excluding carboxylic acids is 1. The molecule has 1 aliphatic rings. The average molecular weight is 197 g/mol. The standard InChI is InChI=1S/C8H11N3OS/c1-5-4-13-8(9-5)11-7(12)10-6-2-3-6/h4,6H,2-3H2,1H3,(H2,9,10,11,12). The van der Waals surface area contributed by atoms with Gasteiger partial charge in [0.2, 0.25) is 0 Å². The molecule has 0 atom stereocenters. The van der Waals surface area contributed by atoms with E-state index >= 15 is 0 Å². The highest BCUT2D eigenvalue weighted by molar-refractivity contribution is 7.13. The number of urea groups is 1. The molecule has 1 fully saturated rings. The molecule has 2 rings (SSSR count). The fourth-order valence-electron chi connectivity index (χ4n) is 0.958. The van der Waals surface area contributed by atoms with Crippen LogP contribution in [-0.4, -0.2) is 17.1 Å². The minimum Gasteiger partial charge on any atom is -0.335 e. The van der Waals surface area contributed by atoms with E-state index in [0.717, 1.165) is 18.5 Å². The lowest BCUT2D eigenvalue weighted by molar-refractivity contribution is 0.251. The molecule has 1 aliphatic carbocycles. The molecular weight excluding hydrogens is 186 g/mol. The Bertz CT molecular complexity index is 319. The van der Waals surface area contributed by atoms with Gasteiger partial charge in [-0.25, -0.2) is 9.78 Å². The molecule has 0 saturated heterocycles. The Hall–Kier alpha value is -1.10. The summed E-state index contributed by atoms with van der Waals surface area (Å²) in [7, 11) is 0. The van der Waals surface area contributed by atoms with Crippen LogP contribution in [0.5, 0.6) is 0 Å². The summed E-state index contributed by atoms with van der Waals surface area (Å²) in [6, 6.07) is 0.248. The Morgan fingerprint density at radius 1 is 1.69 bits per heavy atom. The number of nitrogens with zero attached hydrogens (tertiary/aromatic N) is 1. The molecule has 13 heavy (non-hydrogen) atoms. The van der Waals surface area contributed by atoms with Gasteiger partial charge in [0.1, 0.15) is 0 Å². The normalized spacial score (nSPS) is 15.5. The van der Waals surface area contributed by atoms with Crippen LogP contribution in [-0.2, 0) is 0 Å². The van der Waals surface area contributed by atoms with Gasteiger partial charge in [-0.3, -0.25) is 5.32 Å². The van der Waals surface area contributed by atoms with E-state index in [-0.39, 0.29) is 6.03 Å². The first-order valence-electron chi connectivity index (χ1n) is 4.24. The first-order chi connectivity index (χ1) is 6.24. The van der Waals surface area contributed by atoms with Crippen molar-refractivity contribution in [3.63, 3.8) is 0 Å². The highest BCUT2D eigenvalue weighted by Gasteiger charge is 2.23. The van der Waals surface area contributed by atoms with Gasteiger partial charge in [0.05, 0.1) is 5.69 Å². The van der Waals surface area contributed by atoms with Gasteiger partial charge < -0.3 is 5.32 Å². The number of aryl methyl sites for hydroxylation is 1. The molecule has 4 nitrogen and oxygen atoms in total.